The van der Waals surface area contributed by atoms with Crippen molar-refractivity contribution >= 4 is 20.7 Å². The Balaban J connectivity index is 1.36. The largest absolute Gasteiger partial charge is 0.672 e. The van der Waals surface area contributed by atoms with Gasteiger partial charge in [-0.1, -0.05) is 37.6 Å². The van der Waals surface area contributed by atoms with Crippen LogP contribution in [0.4, 0.5) is 0 Å². The second-order valence-corrected chi connectivity index (χ2v) is 9.78. The third-order valence-electron chi connectivity index (χ3n) is 5.93. The van der Waals surface area contributed by atoms with Crippen molar-refractivity contribution in [1.82, 2.24) is 0 Å². The van der Waals surface area contributed by atoms with Crippen molar-refractivity contribution in [3.8, 4) is 16.9 Å². The minimum atomic E-state index is -0.321. The van der Waals surface area contributed by atoms with E-state index in [0.717, 1.165) is 66.8 Å². The normalized spacial score (nSPS) is 12.1. The number of ether oxygens (including phenoxy) is 1. The van der Waals surface area contributed by atoms with Crippen LogP contribution in [0.2, 0.25) is 6.04 Å². The molecule has 1 heterocycles. The van der Waals surface area contributed by atoms with Crippen molar-refractivity contribution in [3.63, 3.8) is 0 Å². The SMILES string of the molecule is CCOOCCC(C)O[Si+]CCCCCCOc1ccc2cc(-c3ccccc3CC)c(=O)oc2c1. The van der Waals surface area contributed by atoms with E-state index in [4.69, 9.17) is 23.4 Å². The molecule has 0 fully saturated rings. The van der Waals surface area contributed by atoms with Crippen molar-refractivity contribution < 1.29 is 23.4 Å². The van der Waals surface area contributed by atoms with E-state index in [1.54, 1.807) is 0 Å². The fraction of sp³-hybridized carbons (Fsp3) is 0.483. The molecule has 0 aliphatic rings. The van der Waals surface area contributed by atoms with E-state index in [2.05, 4.69) is 13.8 Å². The Labute approximate surface area is 216 Å². The molecule has 0 N–H and O–H groups in total. The van der Waals surface area contributed by atoms with Crippen molar-refractivity contribution in [1.29, 1.82) is 0 Å². The van der Waals surface area contributed by atoms with E-state index in [-0.39, 0.29) is 11.7 Å². The quantitative estimate of drug-likeness (QED) is 0.0657. The van der Waals surface area contributed by atoms with E-state index >= 15 is 0 Å². The molecule has 1 unspecified atom stereocenters. The molecule has 1 atom stereocenters. The van der Waals surface area contributed by atoms with Crippen LogP contribution in [0.3, 0.4) is 0 Å². The molecule has 0 spiro atoms. The number of benzene rings is 2. The predicted octanol–water partition coefficient (Wildman–Crippen LogP) is 6.76. The van der Waals surface area contributed by atoms with E-state index in [9.17, 15) is 4.79 Å². The molecular weight excluding hydrogens is 472 g/mol. The second-order valence-electron chi connectivity index (χ2n) is 8.76. The Morgan fingerprint density at radius 1 is 0.917 bits per heavy atom. The van der Waals surface area contributed by atoms with Gasteiger partial charge in [0.25, 0.3) is 0 Å². The summed E-state index contributed by atoms with van der Waals surface area (Å²) in [6.45, 7) is 7.84. The first-order valence-electron chi connectivity index (χ1n) is 13.0. The van der Waals surface area contributed by atoms with Crippen molar-refractivity contribution in [2.75, 3.05) is 19.8 Å². The van der Waals surface area contributed by atoms with Gasteiger partial charge < -0.3 is 9.15 Å². The van der Waals surface area contributed by atoms with Crippen LogP contribution in [-0.4, -0.2) is 35.7 Å². The van der Waals surface area contributed by atoms with E-state index in [0.29, 0.717) is 40.7 Å². The lowest BCUT2D eigenvalue weighted by molar-refractivity contribution is -0.293. The van der Waals surface area contributed by atoms with Crippen LogP contribution in [0.5, 0.6) is 5.75 Å². The lowest BCUT2D eigenvalue weighted by Crippen LogP contribution is -2.14. The van der Waals surface area contributed by atoms with Gasteiger partial charge in [0.2, 0.25) is 0 Å². The zero-order chi connectivity index (χ0) is 25.6. The van der Waals surface area contributed by atoms with Gasteiger partial charge in [-0.25, -0.2) is 19.0 Å². The zero-order valence-electron chi connectivity index (χ0n) is 21.7. The van der Waals surface area contributed by atoms with Crippen LogP contribution >= 0.6 is 0 Å². The summed E-state index contributed by atoms with van der Waals surface area (Å²) in [5, 5.41) is 0.891. The first-order valence-corrected chi connectivity index (χ1v) is 14.2. The lowest BCUT2D eigenvalue weighted by Gasteiger charge is -2.09. The number of hydrogen-bond acceptors (Lipinski definition) is 6. The fourth-order valence-electron chi connectivity index (χ4n) is 3.92. The summed E-state index contributed by atoms with van der Waals surface area (Å²) < 4.78 is 17.4. The molecule has 3 aromatic rings. The van der Waals surface area contributed by atoms with Crippen LogP contribution in [0, 0.1) is 0 Å². The minimum absolute atomic E-state index is 0.197. The maximum atomic E-state index is 12.7. The molecule has 0 aliphatic heterocycles. The van der Waals surface area contributed by atoms with Gasteiger partial charge in [-0.15, -0.1) is 0 Å². The molecule has 0 bridgehead atoms. The highest BCUT2D eigenvalue weighted by atomic mass is 28.2. The molecule has 3 rings (SSSR count). The maximum Gasteiger partial charge on any atom is 0.672 e. The van der Waals surface area contributed by atoms with Gasteiger partial charge in [0.15, 0.2) is 0 Å². The highest BCUT2D eigenvalue weighted by Crippen LogP contribution is 2.27. The van der Waals surface area contributed by atoms with Crippen LogP contribution in [0.1, 0.15) is 58.4 Å². The number of unbranched alkanes of at least 4 members (excludes halogenated alkanes) is 3. The fourth-order valence-corrected chi connectivity index (χ4v) is 4.83. The third-order valence-corrected chi connectivity index (χ3v) is 7.06. The van der Waals surface area contributed by atoms with Crippen LogP contribution in [-0.2, 0) is 20.6 Å². The summed E-state index contributed by atoms with van der Waals surface area (Å²) in [5.74, 6) is 0.726. The number of hydrogen-bond donors (Lipinski definition) is 0. The number of fused-ring (bicyclic) bond motifs is 1. The molecule has 0 aliphatic carbocycles. The smallest absolute Gasteiger partial charge is 0.493 e. The maximum absolute atomic E-state index is 12.7. The Hall–Kier alpha value is -2.45. The van der Waals surface area contributed by atoms with Gasteiger partial charge in [-0.3, -0.25) is 0 Å². The zero-order valence-corrected chi connectivity index (χ0v) is 22.7. The van der Waals surface area contributed by atoms with Gasteiger partial charge >= 0.3 is 15.4 Å². The van der Waals surface area contributed by atoms with Crippen LogP contribution in [0.25, 0.3) is 22.1 Å². The third kappa shape index (κ3) is 8.89. The van der Waals surface area contributed by atoms with Gasteiger partial charge in [-0.2, -0.15) is 0 Å². The highest BCUT2D eigenvalue weighted by Gasteiger charge is 2.17. The molecule has 0 amide bonds. The Bertz CT molecular complexity index is 1110. The van der Waals surface area contributed by atoms with Crippen LogP contribution < -0.4 is 10.4 Å². The lowest BCUT2D eigenvalue weighted by atomic mass is 9.99. The number of aryl methyl sites for hydroxylation is 1. The van der Waals surface area contributed by atoms with Crippen LogP contribution in [0.15, 0.2) is 57.7 Å². The topological polar surface area (TPSA) is 67.1 Å². The average molecular weight is 511 g/mol. The predicted molar refractivity (Wildman–Crippen MR) is 145 cm³/mol. The molecule has 0 saturated carbocycles. The Morgan fingerprint density at radius 2 is 1.75 bits per heavy atom. The summed E-state index contributed by atoms with van der Waals surface area (Å²) in [7, 11) is 0.529. The first-order chi connectivity index (χ1) is 17.6. The van der Waals surface area contributed by atoms with E-state index in [1.807, 2.05) is 55.5 Å². The molecule has 36 heavy (non-hydrogen) atoms. The summed E-state index contributed by atoms with van der Waals surface area (Å²) in [6.07, 6.45) is 6.33. The van der Waals surface area contributed by atoms with Gasteiger partial charge in [0, 0.05) is 17.9 Å². The van der Waals surface area contributed by atoms with E-state index < -0.39 is 0 Å². The first kappa shape index (κ1) is 28.1. The molecule has 1 aromatic heterocycles. The van der Waals surface area contributed by atoms with Gasteiger partial charge in [-0.05, 0) is 68.9 Å². The summed E-state index contributed by atoms with van der Waals surface area (Å²) in [6, 6.07) is 16.7. The number of rotatable bonds is 17. The second kappa shape index (κ2) is 15.6. The Kier molecular flexibility index (Phi) is 12.2. The van der Waals surface area contributed by atoms with Crippen molar-refractivity contribution in [2.45, 2.75) is 71.4 Å². The monoisotopic (exact) mass is 510 g/mol. The molecule has 2 aromatic carbocycles. The van der Waals surface area contributed by atoms with Gasteiger partial charge in [0.1, 0.15) is 17.4 Å². The summed E-state index contributed by atoms with van der Waals surface area (Å²) in [4.78, 5) is 22.6. The molecule has 0 saturated heterocycles. The Morgan fingerprint density at radius 3 is 2.58 bits per heavy atom. The van der Waals surface area contributed by atoms with Crippen molar-refractivity contribution in [2.24, 2.45) is 0 Å². The average Bonchev–Trinajstić information content (AvgIpc) is 2.89. The summed E-state index contributed by atoms with van der Waals surface area (Å²) in [5.41, 5.74) is 2.90. The minimum Gasteiger partial charge on any atom is -0.493 e. The molecule has 7 heteroatoms. The van der Waals surface area contributed by atoms with Gasteiger partial charge in [0.05, 0.1) is 31.5 Å². The van der Waals surface area contributed by atoms with Crippen molar-refractivity contribution in [3.05, 3.63) is 64.5 Å². The highest BCUT2D eigenvalue weighted by molar-refractivity contribution is 6.27. The molecule has 193 valence electrons. The molecule has 6 nitrogen and oxygen atoms in total. The standard InChI is InChI=1S/C29H38O6Si/c1-4-23-12-8-9-13-26(23)27-20-24-14-15-25(21-28(24)34-29(27)30)31-17-10-6-7-11-19-36-35-22(3)16-18-33-32-5-2/h8-9,12-15,20-22H,4-7,10-11,16-19H2,1-3H3/q+1. The summed E-state index contributed by atoms with van der Waals surface area (Å²) >= 11 is 0. The molecular formula is C29H38O6Si+. The molecule has 1 radical (unpaired) electrons. The van der Waals surface area contributed by atoms with E-state index in [1.165, 1.54) is 0 Å².